The maximum atomic E-state index is 7.72. The van der Waals surface area contributed by atoms with Crippen LogP contribution in [0.3, 0.4) is 0 Å². The van der Waals surface area contributed by atoms with Crippen LogP contribution in [0, 0.1) is 5.92 Å². The van der Waals surface area contributed by atoms with Gasteiger partial charge in [0.1, 0.15) is 11.6 Å². The van der Waals surface area contributed by atoms with E-state index in [1.807, 2.05) is 4.90 Å². The van der Waals surface area contributed by atoms with Crippen molar-refractivity contribution in [1.29, 1.82) is 0 Å². The van der Waals surface area contributed by atoms with E-state index < -0.39 is 0 Å². The monoisotopic (exact) mass is 194 g/mol. The Balaban J connectivity index is 2.29. The molecule has 1 unspecified atom stereocenters. The van der Waals surface area contributed by atoms with E-state index in [1.165, 1.54) is 6.42 Å². The van der Waals surface area contributed by atoms with Crippen LogP contribution < -0.4 is 10.6 Å². The molecule has 1 aliphatic heterocycles. The highest BCUT2D eigenvalue weighted by Gasteiger charge is 2.17. The third kappa shape index (κ3) is 1.95. The van der Waals surface area contributed by atoms with E-state index in [0.717, 1.165) is 19.5 Å². The first kappa shape index (κ1) is 7.04. The van der Waals surface area contributed by atoms with Crippen LogP contribution in [0.5, 0.6) is 0 Å². The van der Waals surface area contributed by atoms with E-state index in [1.54, 1.807) is 0 Å². The SMILES string of the molecule is [2H]c1nc([2H])c(N2CCCC(C)C2)nc1N. The largest absolute Gasteiger partial charge is 0.382 e. The Kier molecular flexibility index (Phi) is 1.92. The molecule has 0 bridgehead atoms. The number of hydrogen-bond donors (Lipinski definition) is 1. The third-order valence-corrected chi connectivity index (χ3v) is 2.51. The predicted octanol–water partition coefficient (Wildman–Crippen LogP) is 1.30. The van der Waals surface area contributed by atoms with Crippen LogP contribution in [0.1, 0.15) is 22.5 Å². The van der Waals surface area contributed by atoms with Gasteiger partial charge in [0.05, 0.1) is 15.1 Å². The summed E-state index contributed by atoms with van der Waals surface area (Å²) < 4.78 is 15.1. The molecular weight excluding hydrogens is 176 g/mol. The zero-order chi connectivity index (χ0) is 11.7. The van der Waals surface area contributed by atoms with Crippen molar-refractivity contribution in [3.05, 3.63) is 12.3 Å². The summed E-state index contributed by atoms with van der Waals surface area (Å²) in [6.07, 6.45) is 2.25. The quantitative estimate of drug-likeness (QED) is 0.732. The molecular formula is C10H16N4. The Morgan fingerprint density at radius 2 is 2.50 bits per heavy atom. The molecule has 14 heavy (non-hydrogen) atoms. The molecule has 76 valence electrons. The van der Waals surface area contributed by atoms with Gasteiger partial charge < -0.3 is 10.6 Å². The van der Waals surface area contributed by atoms with Crippen LogP contribution in [-0.2, 0) is 0 Å². The van der Waals surface area contributed by atoms with Gasteiger partial charge in [-0.25, -0.2) is 4.98 Å². The first-order chi connectivity index (χ1) is 7.58. The van der Waals surface area contributed by atoms with Gasteiger partial charge in [-0.3, -0.25) is 4.98 Å². The molecule has 2 heterocycles. The second-order valence-corrected chi connectivity index (χ2v) is 3.85. The van der Waals surface area contributed by atoms with Crippen LogP contribution in [0.25, 0.3) is 0 Å². The normalized spacial score (nSPS) is 24.4. The van der Waals surface area contributed by atoms with Gasteiger partial charge in [-0.2, -0.15) is 0 Å². The number of aromatic nitrogens is 2. The van der Waals surface area contributed by atoms with E-state index in [9.17, 15) is 0 Å². The smallest absolute Gasteiger partial charge is 0.149 e. The lowest BCUT2D eigenvalue weighted by Gasteiger charge is -2.31. The minimum Gasteiger partial charge on any atom is -0.382 e. The molecule has 0 saturated carbocycles. The second kappa shape index (κ2) is 3.82. The molecule has 0 aliphatic carbocycles. The topological polar surface area (TPSA) is 55.0 Å². The van der Waals surface area contributed by atoms with Crippen LogP contribution in [-0.4, -0.2) is 23.1 Å². The van der Waals surface area contributed by atoms with Crippen molar-refractivity contribution in [2.45, 2.75) is 19.8 Å². The molecule has 1 aliphatic rings. The second-order valence-electron chi connectivity index (χ2n) is 3.85. The van der Waals surface area contributed by atoms with E-state index in [0.29, 0.717) is 11.7 Å². The van der Waals surface area contributed by atoms with Gasteiger partial charge in [-0.05, 0) is 18.8 Å². The van der Waals surface area contributed by atoms with Gasteiger partial charge in [-0.15, -0.1) is 0 Å². The van der Waals surface area contributed by atoms with Crippen molar-refractivity contribution >= 4 is 11.6 Å². The molecule has 2 N–H and O–H groups in total. The number of nitrogens with zero attached hydrogens (tertiary/aromatic N) is 3. The predicted molar refractivity (Wildman–Crippen MR) is 57.1 cm³/mol. The lowest BCUT2D eigenvalue weighted by Crippen LogP contribution is -2.34. The summed E-state index contributed by atoms with van der Waals surface area (Å²) in [5, 5.41) is 0. The summed E-state index contributed by atoms with van der Waals surface area (Å²) in [7, 11) is 0. The van der Waals surface area contributed by atoms with E-state index >= 15 is 0 Å². The standard InChI is InChI=1S/C10H16N4/c1-8-3-2-4-14(7-8)10-6-12-5-9(11)13-10/h5-6,8H,2-4,7H2,1H3,(H2,11,13)/i5D,6D. The summed E-state index contributed by atoms with van der Waals surface area (Å²) in [5.74, 6) is 1.22. The fourth-order valence-corrected chi connectivity index (χ4v) is 1.82. The molecule has 0 aromatic carbocycles. The molecule has 1 aromatic heterocycles. The van der Waals surface area contributed by atoms with Crippen molar-refractivity contribution in [2.75, 3.05) is 23.7 Å². The highest BCUT2D eigenvalue weighted by atomic mass is 15.2. The average molecular weight is 194 g/mol. The Hall–Kier alpha value is -1.32. The van der Waals surface area contributed by atoms with E-state index in [4.69, 9.17) is 8.48 Å². The summed E-state index contributed by atoms with van der Waals surface area (Å²) in [6, 6.07) is 0. The molecule has 4 heteroatoms. The van der Waals surface area contributed by atoms with Crippen LogP contribution in [0.2, 0.25) is 0 Å². The molecule has 0 spiro atoms. The zero-order valence-electron chi connectivity index (χ0n) is 10.3. The Morgan fingerprint density at radius 1 is 1.64 bits per heavy atom. The molecule has 0 radical (unpaired) electrons. The fourth-order valence-electron chi connectivity index (χ4n) is 1.82. The number of nitrogen functional groups attached to an aromatic ring is 1. The van der Waals surface area contributed by atoms with Crippen LogP contribution in [0.15, 0.2) is 12.3 Å². The Bertz CT molecular complexity index is 397. The molecule has 1 atom stereocenters. The van der Waals surface area contributed by atoms with Gasteiger partial charge in [0.15, 0.2) is 0 Å². The molecule has 0 amide bonds. The average Bonchev–Trinajstić information content (AvgIpc) is 2.23. The molecule has 2 rings (SSSR count). The zero-order valence-corrected chi connectivity index (χ0v) is 8.32. The number of hydrogen-bond acceptors (Lipinski definition) is 4. The first-order valence-electron chi connectivity index (χ1n) is 5.93. The van der Waals surface area contributed by atoms with Gasteiger partial charge >= 0.3 is 0 Å². The molecule has 4 nitrogen and oxygen atoms in total. The number of piperidine rings is 1. The van der Waals surface area contributed by atoms with Gasteiger partial charge in [0.2, 0.25) is 0 Å². The van der Waals surface area contributed by atoms with E-state index in [-0.39, 0.29) is 18.2 Å². The van der Waals surface area contributed by atoms with Crippen LogP contribution >= 0.6 is 0 Å². The van der Waals surface area contributed by atoms with Gasteiger partial charge in [0.25, 0.3) is 0 Å². The minimum atomic E-state index is -0.112. The van der Waals surface area contributed by atoms with Crippen molar-refractivity contribution in [3.63, 3.8) is 0 Å². The highest BCUT2D eigenvalue weighted by molar-refractivity contribution is 5.41. The van der Waals surface area contributed by atoms with Crippen molar-refractivity contribution in [1.82, 2.24) is 9.97 Å². The minimum absolute atomic E-state index is 0.0494. The first-order valence-corrected chi connectivity index (χ1v) is 4.93. The molecule has 1 fully saturated rings. The van der Waals surface area contributed by atoms with Gasteiger partial charge in [-0.1, -0.05) is 6.92 Å². The summed E-state index contributed by atoms with van der Waals surface area (Å²) in [4.78, 5) is 9.92. The van der Waals surface area contributed by atoms with Gasteiger partial charge in [0, 0.05) is 13.1 Å². The Morgan fingerprint density at radius 3 is 3.29 bits per heavy atom. The van der Waals surface area contributed by atoms with Crippen LogP contribution in [0.4, 0.5) is 11.6 Å². The maximum Gasteiger partial charge on any atom is 0.149 e. The van der Waals surface area contributed by atoms with Crippen molar-refractivity contribution in [3.8, 4) is 0 Å². The summed E-state index contributed by atoms with van der Waals surface area (Å²) in [6.45, 7) is 3.96. The molecule has 1 aromatic rings. The summed E-state index contributed by atoms with van der Waals surface area (Å²) in [5.41, 5.74) is 5.56. The summed E-state index contributed by atoms with van der Waals surface area (Å²) >= 11 is 0. The maximum absolute atomic E-state index is 7.72. The fraction of sp³-hybridized carbons (Fsp3) is 0.600. The Labute approximate surface area is 87.0 Å². The van der Waals surface area contributed by atoms with E-state index in [2.05, 4.69) is 16.9 Å². The molecule has 1 saturated heterocycles. The number of rotatable bonds is 1. The number of nitrogens with two attached hydrogens (primary N) is 1. The highest BCUT2D eigenvalue weighted by Crippen LogP contribution is 2.20. The number of anilines is 2. The van der Waals surface area contributed by atoms with Crippen molar-refractivity contribution in [2.24, 2.45) is 5.92 Å². The lowest BCUT2D eigenvalue weighted by atomic mass is 10.0. The lowest BCUT2D eigenvalue weighted by molar-refractivity contribution is 0.444. The van der Waals surface area contributed by atoms with Crippen molar-refractivity contribution < 1.29 is 2.74 Å². The third-order valence-electron chi connectivity index (χ3n) is 2.51.